The summed E-state index contributed by atoms with van der Waals surface area (Å²) in [6, 6.07) is 15.4. The lowest BCUT2D eigenvalue weighted by molar-refractivity contribution is -0.119. The Morgan fingerprint density at radius 3 is 2.69 bits per heavy atom. The number of benzene rings is 2. The molecule has 3 rings (SSSR count). The number of nitrogens with one attached hydrogen (secondary N) is 1. The summed E-state index contributed by atoms with van der Waals surface area (Å²) in [5.74, 6) is -0.254. The molecule has 0 bridgehead atoms. The van der Waals surface area contributed by atoms with Gasteiger partial charge in [-0.05, 0) is 52.3 Å². The number of amides is 1. The maximum absolute atomic E-state index is 12.6. The quantitative estimate of drug-likeness (QED) is 0.522. The number of carbonyl (C=O) groups is 1. The van der Waals surface area contributed by atoms with Gasteiger partial charge in [0.25, 0.3) is 0 Å². The van der Waals surface area contributed by atoms with Gasteiger partial charge in [0.1, 0.15) is 0 Å². The fourth-order valence-corrected chi connectivity index (χ4v) is 3.70. The second-order valence-corrected chi connectivity index (χ2v) is 8.29. The number of carbonyl (C=O) groups excluding carboxylic acids is 1. The first kappa shape index (κ1) is 19.0. The summed E-state index contributed by atoms with van der Waals surface area (Å²) in [6.07, 6.45) is 3.57. The van der Waals surface area contributed by atoms with Crippen molar-refractivity contribution in [3.8, 4) is 0 Å². The van der Waals surface area contributed by atoms with Crippen LogP contribution in [0.15, 0.2) is 75.2 Å². The van der Waals surface area contributed by atoms with E-state index < -0.39 is 0 Å². The zero-order valence-corrected chi connectivity index (χ0v) is 17.2. The Hall–Kier alpha value is -1.76. The van der Waals surface area contributed by atoms with E-state index in [1.165, 1.54) is 0 Å². The van der Waals surface area contributed by atoms with Gasteiger partial charge in [-0.25, -0.2) is 0 Å². The van der Waals surface area contributed by atoms with Crippen molar-refractivity contribution in [2.45, 2.75) is 23.3 Å². The van der Waals surface area contributed by atoms with Crippen LogP contribution in [0.5, 0.6) is 0 Å². The molecule has 1 amide bonds. The number of aromatic nitrogens is 2. The molecule has 1 heterocycles. The highest BCUT2D eigenvalue weighted by Crippen LogP contribution is 2.34. The fraction of sp³-hybridized carbons (Fsp3) is 0.158. The summed E-state index contributed by atoms with van der Waals surface area (Å²) in [5, 5.41) is 7.93. The van der Waals surface area contributed by atoms with E-state index in [1.807, 2.05) is 61.7 Å². The minimum Gasteiger partial charge on any atom is -0.325 e. The molecule has 0 aliphatic rings. The molecule has 1 aromatic heterocycles. The van der Waals surface area contributed by atoms with Gasteiger partial charge in [-0.3, -0.25) is 9.48 Å². The standard InChI is InChI=1S/C19H17BrClN3OS/c1-13(11-24-12-14(20)10-22-24)19(25)23-17-4-2-3-5-18(17)26-16-8-6-15(21)7-9-16/h2-10,12-13H,11H2,1H3,(H,23,25). The molecule has 0 radical (unpaired) electrons. The third-order valence-electron chi connectivity index (χ3n) is 3.70. The third kappa shape index (κ3) is 5.13. The molecule has 134 valence electrons. The lowest BCUT2D eigenvalue weighted by Crippen LogP contribution is -2.24. The van der Waals surface area contributed by atoms with Crippen molar-refractivity contribution in [1.29, 1.82) is 0 Å². The Labute approximate surface area is 170 Å². The van der Waals surface area contributed by atoms with Gasteiger partial charge in [-0.2, -0.15) is 5.10 Å². The normalized spacial score (nSPS) is 12.0. The summed E-state index contributed by atoms with van der Waals surface area (Å²) in [4.78, 5) is 14.6. The highest BCUT2D eigenvalue weighted by atomic mass is 79.9. The van der Waals surface area contributed by atoms with Crippen LogP contribution in [-0.2, 0) is 11.3 Å². The van der Waals surface area contributed by atoms with Crippen LogP contribution in [0, 0.1) is 5.92 Å². The van der Waals surface area contributed by atoms with Crippen LogP contribution >= 0.6 is 39.3 Å². The molecule has 0 aliphatic carbocycles. The Bertz CT molecular complexity index is 898. The molecular formula is C19H17BrClN3OS. The van der Waals surface area contributed by atoms with Crippen LogP contribution in [-0.4, -0.2) is 15.7 Å². The molecule has 1 N–H and O–H groups in total. The molecule has 2 aromatic carbocycles. The SMILES string of the molecule is CC(Cn1cc(Br)cn1)C(=O)Nc1ccccc1Sc1ccc(Cl)cc1. The largest absolute Gasteiger partial charge is 0.325 e. The zero-order chi connectivity index (χ0) is 18.5. The van der Waals surface area contributed by atoms with E-state index in [0.29, 0.717) is 11.6 Å². The van der Waals surface area contributed by atoms with Gasteiger partial charge in [-0.15, -0.1) is 0 Å². The van der Waals surface area contributed by atoms with Crippen molar-refractivity contribution >= 4 is 50.9 Å². The lowest BCUT2D eigenvalue weighted by Gasteiger charge is -2.15. The summed E-state index contributed by atoms with van der Waals surface area (Å²) in [6.45, 7) is 2.41. The number of halogens is 2. The van der Waals surface area contributed by atoms with Crippen LogP contribution < -0.4 is 5.32 Å². The van der Waals surface area contributed by atoms with E-state index in [4.69, 9.17) is 11.6 Å². The lowest BCUT2D eigenvalue weighted by atomic mass is 10.1. The molecule has 4 nitrogen and oxygen atoms in total. The van der Waals surface area contributed by atoms with Crippen LogP contribution in [0.3, 0.4) is 0 Å². The van der Waals surface area contributed by atoms with Gasteiger partial charge in [0.05, 0.1) is 28.8 Å². The molecular weight excluding hydrogens is 434 g/mol. The van der Waals surface area contributed by atoms with Gasteiger partial charge in [0.15, 0.2) is 0 Å². The minimum absolute atomic E-state index is 0.0409. The highest BCUT2D eigenvalue weighted by Gasteiger charge is 2.16. The van der Waals surface area contributed by atoms with E-state index in [-0.39, 0.29) is 11.8 Å². The van der Waals surface area contributed by atoms with Gasteiger partial charge in [0.2, 0.25) is 5.91 Å². The van der Waals surface area contributed by atoms with Crippen molar-refractivity contribution in [3.63, 3.8) is 0 Å². The second-order valence-electron chi connectivity index (χ2n) is 5.82. The first-order valence-corrected chi connectivity index (χ1v) is 10.0. The average Bonchev–Trinajstić information content (AvgIpc) is 3.03. The molecule has 3 aromatic rings. The van der Waals surface area contributed by atoms with Crippen molar-refractivity contribution in [1.82, 2.24) is 9.78 Å². The maximum atomic E-state index is 12.6. The Morgan fingerprint density at radius 2 is 2.00 bits per heavy atom. The molecule has 1 atom stereocenters. The van der Waals surface area contributed by atoms with Gasteiger partial charge >= 0.3 is 0 Å². The molecule has 26 heavy (non-hydrogen) atoms. The van der Waals surface area contributed by atoms with Crippen LogP contribution in [0.2, 0.25) is 5.02 Å². The minimum atomic E-state index is -0.213. The van der Waals surface area contributed by atoms with E-state index in [0.717, 1.165) is 20.0 Å². The molecule has 0 spiro atoms. The Balaban J connectivity index is 1.69. The molecule has 0 fully saturated rings. The number of para-hydroxylation sites is 1. The van der Waals surface area contributed by atoms with Gasteiger partial charge in [-0.1, -0.05) is 42.4 Å². The molecule has 7 heteroatoms. The van der Waals surface area contributed by atoms with Crippen molar-refractivity contribution in [2.75, 3.05) is 5.32 Å². The van der Waals surface area contributed by atoms with E-state index >= 15 is 0 Å². The highest BCUT2D eigenvalue weighted by molar-refractivity contribution is 9.10. The number of rotatable bonds is 6. The van der Waals surface area contributed by atoms with Crippen LogP contribution in [0.1, 0.15) is 6.92 Å². The summed E-state index contributed by atoms with van der Waals surface area (Å²) in [7, 11) is 0. The van der Waals surface area contributed by atoms with Gasteiger partial charge in [0, 0.05) is 21.0 Å². The first-order chi connectivity index (χ1) is 12.5. The average molecular weight is 451 g/mol. The second kappa shape index (κ2) is 8.75. The number of hydrogen-bond donors (Lipinski definition) is 1. The van der Waals surface area contributed by atoms with Crippen molar-refractivity contribution in [2.24, 2.45) is 5.92 Å². The predicted octanol–water partition coefficient (Wildman–Crippen LogP) is 5.73. The first-order valence-electron chi connectivity index (χ1n) is 8.02. The molecule has 0 saturated carbocycles. The maximum Gasteiger partial charge on any atom is 0.229 e. The van der Waals surface area contributed by atoms with E-state index in [2.05, 4.69) is 26.3 Å². The smallest absolute Gasteiger partial charge is 0.229 e. The zero-order valence-electron chi connectivity index (χ0n) is 14.0. The number of nitrogens with zero attached hydrogens (tertiary/aromatic N) is 2. The Morgan fingerprint density at radius 1 is 1.27 bits per heavy atom. The van der Waals surface area contributed by atoms with E-state index in [1.54, 1.807) is 22.6 Å². The molecule has 0 aliphatic heterocycles. The molecule has 0 saturated heterocycles. The summed E-state index contributed by atoms with van der Waals surface area (Å²) in [5.41, 5.74) is 0.797. The number of hydrogen-bond acceptors (Lipinski definition) is 3. The summed E-state index contributed by atoms with van der Waals surface area (Å²) >= 11 is 10.9. The molecule has 1 unspecified atom stereocenters. The van der Waals surface area contributed by atoms with Gasteiger partial charge < -0.3 is 5.32 Å². The topological polar surface area (TPSA) is 46.9 Å². The summed E-state index contributed by atoms with van der Waals surface area (Å²) < 4.78 is 2.65. The van der Waals surface area contributed by atoms with Crippen molar-refractivity contribution in [3.05, 3.63) is 70.4 Å². The van der Waals surface area contributed by atoms with E-state index in [9.17, 15) is 4.79 Å². The predicted molar refractivity (Wildman–Crippen MR) is 110 cm³/mol. The number of anilines is 1. The Kier molecular flexibility index (Phi) is 6.40. The monoisotopic (exact) mass is 449 g/mol. The van der Waals surface area contributed by atoms with Crippen molar-refractivity contribution < 1.29 is 4.79 Å². The fourth-order valence-electron chi connectivity index (χ4n) is 2.35. The van der Waals surface area contributed by atoms with Crippen LogP contribution in [0.4, 0.5) is 5.69 Å². The third-order valence-corrected chi connectivity index (χ3v) is 5.44. The van der Waals surface area contributed by atoms with Crippen LogP contribution in [0.25, 0.3) is 0 Å².